The largest absolute Gasteiger partial charge is 0.477 e. The van der Waals surface area contributed by atoms with Crippen LogP contribution in [0.5, 0.6) is 0 Å². The molecule has 1 aliphatic rings. The Balaban J connectivity index is 2.94. The van der Waals surface area contributed by atoms with Gasteiger partial charge in [-0.25, -0.2) is 4.79 Å². The molecule has 0 saturated carbocycles. The van der Waals surface area contributed by atoms with Gasteiger partial charge in [0, 0.05) is 6.54 Å². The lowest BCUT2D eigenvalue weighted by atomic mass is 9.96. The van der Waals surface area contributed by atoms with E-state index in [2.05, 4.69) is 6.58 Å². The van der Waals surface area contributed by atoms with Crippen molar-refractivity contribution in [2.75, 3.05) is 6.54 Å². The minimum absolute atomic E-state index is 0.00111. The molecule has 1 N–H and O–H groups in total. The van der Waals surface area contributed by atoms with Crippen molar-refractivity contribution in [1.29, 1.82) is 0 Å². The number of amides is 1. The first-order chi connectivity index (χ1) is 7.41. The molecule has 0 spiro atoms. The molecule has 1 fully saturated rings. The Labute approximate surface area is 91.5 Å². The standard InChI is InChI=1S/C10H13F2NO3/c1-2-8(14)13-6-4-3-5-7(13)10(11,12)9(15)16/h2,7H,1,3-6H2,(H,15,16). The minimum atomic E-state index is -3.90. The van der Waals surface area contributed by atoms with Gasteiger partial charge in [0.2, 0.25) is 5.91 Å². The average Bonchev–Trinajstić information content (AvgIpc) is 2.27. The topological polar surface area (TPSA) is 57.6 Å². The fraction of sp³-hybridized carbons (Fsp3) is 0.600. The van der Waals surface area contributed by atoms with E-state index in [-0.39, 0.29) is 13.0 Å². The number of hydrogen-bond donors (Lipinski definition) is 1. The summed E-state index contributed by atoms with van der Waals surface area (Å²) in [6, 6.07) is -1.57. The van der Waals surface area contributed by atoms with E-state index >= 15 is 0 Å². The first kappa shape index (κ1) is 12.6. The predicted molar refractivity (Wildman–Crippen MR) is 52.1 cm³/mol. The molecule has 6 heteroatoms. The Hall–Kier alpha value is -1.46. The van der Waals surface area contributed by atoms with E-state index in [9.17, 15) is 18.4 Å². The van der Waals surface area contributed by atoms with Crippen molar-refractivity contribution in [1.82, 2.24) is 4.90 Å². The molecule has 1 saturated heterocycles. The van der Waals surface area contributed by atoms with E-state index in [0.29, 0.717) is 12.8 Å². The Morgan fingerprint density at radius 2 is 2.06 bits per heavy atom. The van der Waals surface area contributed by atoms with Gasteiger partial charge in [0.05, 0.1) is 0 Å². The number of aliphatic carboxylic acids is 1. The van der Waals surface area contributed by atoms with Gasteiger partial charge in [0.15, 0.2) is 0 Å². The van der Waals surface area contributed by atoms with Gasteiger partial charge in [0.25, 0.3) is 0 Å². The molecule has 90 valence electrons. The second-order valence-corrected chi connectivity index (χ2v) is 3.68. The summed E-state index contributed by atoms with van der Waals surface area (Å²) < 4.78 is 26.7. The van der Waals surface area contributed by atoms with E-state index in [0.717, 1.165) is 11.0 Å². The van der Waals surface area contributed by atoms with E-state index < -0.39 is 23.8 Å². The molecule has 4 nitrogen and oxygen atoms in total. The Kier molecular flexibility index (Phi) is 3.62. The third-order valence-corrected chi connectivity index (χ3v) is 2.66. The summed E-state index contributed by atoms with van der Waals surface area (Å²) >= 11 is 0. The highest BCUT2D eigenvalue weighted by Gasteiger charge is 2.51. The van der Waals surface area contributed by atoms with E-state index in [1.165, 1.54) is 0 Å². The van der Waals surface area contributed by atoms with Gasteiger partial charge in [-0.2, -0.15) is 8.78 Å². The SMILES string of the molecule is C=CC(=O)N1CCCCC1C(F)(F)C(=O)O. The lowest BCUT2D eigenvalue weighted by molar-refractivity contribution is -0.179. The molecule has 1 heterocycles. The summed E-state index contributed by atoms with van der Waals surface area (Å²) in [6.45, 7) is 3.36. The highest BCUT2D eigenvalue weighted by molar-refractivity contribution is 5.88. The van der Waals surface area contributed by atoms with Crippen molar-refractivity contribution in [2.45, 2.75) is 31.2 Å². The predicted octanol–water partition coefficient (Wildman–Crippen LogP) is 1.27. The van der Waals surface area contributed by atoms with Crippen molar-refractivity contribution in [2.24, 2.45) is 0 Å². The van der Waals surface area contributed by atoms with Crippen molar-refractivity contribution in [3.8, 4) is 0 Å². The van der Waals surface area contributed by atoms with Crippen LogP contribution in [0.3, 0.4) is 0 Å². The molecule has 0 aromatic carbocycles. The van der Waals surface area contributed by atoms with Crippen molar-refractivity contribution in [3.05, 3.63) is 12.7 Å². The maximum atomic E-state index is 13.4. The number of nitrogens with zero attached hydrogens (tertiary/aromatic N) is 1. The number of carbonyl (C=O) groups is 2. The summed E-state index contributed by atoms with van der Waals surface area (Å²) in [4.78, 5) is 22.7. The highest BCUT2D eigenvalue weighted by atomic mass is 19.3. The summed E-state index contributed by atoms with van der Waals surface area (Å²) in [5.74, 6) is -6.74. The lowest BCUT2D eigenvalue weighted by Gasteiger charge is -2.37. The molecule has 1 unspecified atom stereocenters. The maximum absolute atomic E-state index is 13.4. The van der Waals surface area contributed by atoms with Gasteiger partial charge in [-0.15, -0.1) is 0 Å². The zero-order valence-corrected chi connectivity index (χ0v) is 8.66. The maximum Gasteiger partial charge on any atom is 0.376 e. The second kappa shape index (κ2) is 4.59. The first-order valence-corrected chi connectivity index (χ1v) is 4.95. The van der Waals surface area contributed by atoms with Crippen LogP contribution in [0.15, 0.2) is 12.7 Å². The van der Waals surface area contributed by atoms with E-state index in [1.54, 1.807) is 0 Å². The summed E-state index contributed by atoms with van der Waals surface area (Å²) in [5.41, 5.74) is 0. The molecule has 0 radical (unpaired) electrons. The smallest absolute Gasteiger partial charge is 0.376 e. The van der Waals surface area contributed by atoms with Gasteiger partial charge in [-0.05, 0) is 25.3 Å². The van der Waals surface area contributed by atoms with Crippen LogP contribution in [0.2, 0.25) is 0 Å². The molecule has 0 aromatic rings. The number of piperidine rings is 1. The molecular formula is C10H13F2NO3. The van der Waals surface area contributed by atoms with Crippen LogP contribution in [0.4, 0.5) is 8.78 Å². The summed E-state index contributed by atoms with van der Waals surface area (Å²) in [6.07, 6.45) is 2.02. The van der Waals surface area contributed by atoms with E-state index in [4.69, 9.17) is 5.11 Å². The highest BCUT2D eigenvalue weighted by Crippen LogP contribution is 2.31. The molecule has 1 rings (SSSR count). The van der Waals surface area contributed by atoms with Crippen molar-refractivity contribution < 1.29 is 23.5 Å². The number of alkyl halides is 2. The molecule has 1 atom stereocenters. The van der Waals surface area contributed by atoms with Crippen LogP contribution in [-0.2, 0) is 9.59 Å². The molecule has 16 heavy (non-hydrogen) atoms. The molecule has 0 aromatic heterocycles. The molecule has 0 bridgehead atoms. The zero-order valence-electron chi connectivity index (χ0n) is 8.66. The fourth-order valence-electron chi connectivity index (χ4n) is 1.83. The minimum Gasteiger partial charge on any atom is -0.477 e. The number of likely N-dealkylation sites (tertiary alicyclic amines) is 1. The fourth-order valence-corrected chi connectivity index (χ4v) is 1.83. The molecule has 1 amide bonds. The van der Waals surface area contributed by atoms with Gasteiger partial charge >= 0.3 is 11.9 Å². The monoisotopic (exact) mass is 233 g/mol. The second-order valence-electron chi connectivity index (χ2n) is 3.68. The number of carbonyl (C=O) groups excluding carboxylic acids is 1. The van der Waals surface area contributed by atoms with Crippen molar-refractivity contribution >= 4 is 11.9 Å². The van der Waals surface area contributed by atoms with Crippen molar-refractivity contribution in [3.63, 3.8) is 0 Å². The summed E-state index contributed by atoms with van der Waals surface area (Å²) in [5, 5.41) is 8.45. The number of halogens is 2. The zero-order chi connectivity index (χ0) is 12.3. The number of carboxylic acid groups (broad SMARTS) is 1. The van der Waals surface area contributed by atoms with Gasteiger partial charge in [0.1, 0.15) is 6.04 Å². The summed E-state index contributed by atoms with van der Waals surface area (Å²) in [7, 11) is 0. The van der Waals surface area contributed by atoms with Crippen LogP contribution >= 0.6 is 0 Å². The Bertz CT molecular complexity index is 317. The molecule has 0 aliphatic carbocycles. The van der Waals surface area contributed by atoms with Gasteiger partial charge in [-0.1, -0.05) is 6.58 Å². The quantitative estimate of drug-likeness (QED) is 0.747. The third kappa shape index (κ3) is 2.20. The van der Waals surface area contributed by atoms with Crippen LogP contribution in [-0.4, -0.2) is 40.4 Å². The van der Waals surface area contributed by atoms with Gasteiger partial charge in [-0.3, -0.25) is 4.79 Å². The van der Waals surface area contributed by atoms with Crippen LogP contribution in [0, 0.1) is 0 Å². The van der Waals surface area contributed by atoms with Crippen LogP contribution in [0.1, 0.15) is 19.3 Å². The van der Waals surface area contributed by atoms with Gasteiger partial charge < -0.3 is 10.0 Å². The van der Waals surface area contributed by atoms with E-state index in [1.807, 2.05) is 0 Å². The Morgan fingerprint density at radius 1 is 1.44 bits per heavy atom. The number of hydrogen-bond acceptors (Lipinski definition) is 2. The number of rotatable bonds is 3. The molecule has 1 aliphatic heterocycles. The molecular weight excluding hydrogens is 220 g/mol. The number of carboxylic acids is 1. The Morgan fingerprint density at radius 3 is 2.56 bits per heavy atom. The van der Waals surface area contributed by atoms with Crippen LogP contribution < -0.4 is 0 Å². The lowest BCUT2D eigenvalue weighted by Crippen LogP contribution is -2.55. The average molecular weight is 233 g/mol. The third-order valence-electron chi connectivity index (χ3n) is 2.66. The normalized spacial score (nSPS) is 21.6. The van der Waals surface area contributed by atoms with Crippen LogP contribution in [0.25, 0.3) is 0 Å². The first-order valence-electron chi connectivity index (χ1n) is 4.95.